The predicted octanol–water partition coefficient (Wildman–Crippen LogP) is 2.88. The standard InChI is InChI=1S/C12H15F2NOS/c1-12(13,14)17-11-4-2-9(3-5-11)8-16-10-6-15-7-10/h2-5,10,15H,6-8H2,1H3. The van der Waals surface area contributed by atoms with Gasteiger partial charge >= 0.3 is 0 Å². The van der Waals surface area contributed by atoms with Crippen molar-refractivity contribution in [2.24, 2.45) is 0 Å². The van der Waals surface area contributed by atoms with Crippen LogP contribution in [0.3, 0.4) is 0 Å². The van der Waals surface area contributed by atoms with Crippen LogP contribution in [0.1, 0.15) is 12.5 Å². The largest absolute Gasteiger partial charge is 0.371 e. The highest BCUT2D eigenvalue weighted by molar-refractivity contribution is 8.00. The van der Waals surface area contributed by atoms with E-state index in [0.717, 1.165) is 25.6 Å². The van der Waals surface area contributed by atoms with Crippen molar-refractivity contribution in [1.29, 1.82) is 0 Å². The SMILES string of the molecule is CC(F)(F)Sc1ccc(COC2CNC2)cc1. The number of halogens is 2. The molecule has 0 bridgehead atoms. The van der Waals surface area contributed by atoms with Crippen LogP contribution in [0.5, 0.6) is 0 Å². The maximum absolute atomic E-state index is 12.7. The highest BCUT2D eigenvalue weighted by atomic mass is 32.2. The number of hydrogen-bond donors (Lipinski definition) is 1. The molecule has 5 heteroatoms. The molecule has 1 aliphatic rings. The van der Waals surface area contributed by atoms with Crippen molar-refractivity contribution < 1.29 is 13.5 Å². The van der Waals surface area contributed by atoms with E-state index in [4.69, 9.17) is 4.74 Å². The van der Waals surface area contributed by atoms with Gasteiger partial charge in [0.05, 0.1) is 12.7 Å². The Balaban J connectivity index is 1.84. The third-order valence-corrected chi connectivity index (χ3v) is 3.32. The highest BCUT2D eigenvalue weighted by Crippen LogP contribution is 2.34. The van der Waals surface area contributed by atoms with Gasteiger partial charge in [-0.2, -0.15) is 8.78 Å². The van der Waals surface area contributed by atoms with E-state index >= 15 is 0 Å². The number of ether oxygens (including phenoxy) is 1. The molecule has 0 saturated carbocycles. The van der Waals surface area contributed by atoms with Crippen LogP contribution in [0.4, 0.5) is 8.78 Å². The van der Waals surface area contributed by atoms with Crippen molar-refractivity contribution in [3.63, 3.8) is 0 Å². The molecular formula is C12H15F2NOS. The van der Waals surface area contributed by atoms with Gasteiger partial charge in [0, 0.05) is 24.9 Å². The van der Waals surface area contributed by atoms with Crippen LogP contribution < -0.4 is 5.32 Å². The van der Waals surface area contributed by atoms with Crippen molar-refractivity contribution in [3.05, 3.63) is 29.8 Å². The Morgan fingerprint density at radius 2 is 2.00 bits per heavy atom. The van der Waals surface area contributed by atoms with E-state index in [1.54, 1.807) is 12.1 Å². The Morgan fingerprint density at radius 3 is 2.47 bits per heavy atom. The molecule has 0 amide bonds. The lowest BCUT2D eigenvalue weighted by atomic mass is 10.2. The second-order valence-electron chi connectivity index (χ2n) is 4.15. The molecule has 0 spiro atoms. The molecule has 17 heavy (non-hydrogen) atoms. The lowest BCUT2D eigenvalue weighted by Crippen LogP contribution is -2.48. The fraction of sp³-hybridized carbons (Fsp3) is 0.500. The Hall–Kier alpha value is -0.650. The number of nitrogens with one attached hydrogen (secondary N) is 1. The van der Waals surface area contributed by atoms with Gasteiger partial charge in [0.25, 0.3) is 5.25 Å². The molecular weight excluding hydrogens is 244 g/mol. The molecule has 1 heterocycles. The van der Waals surface area contributed by atoms with Crippen LogP contribution in [0.2, 0.25) is 0 Å². The lowest BCUT2D eigenvalue weighted by molar-refractivity contribution is 0.00757. The molecule has 0 unspecified atom stereocenters. The molecule has 0 atom stereocenters. The van der Waals surface area contributed by atoms with Crippen LogP contribution >= 0.6 is 11.8 Å². The van der Waals surface area contributed by atoms with Crippen LogP contribution in [-0.2, 0) is 11.3 Å². The van der Waals surface area contributed by atoms with Crippen LogP contribution in [0.25, 0.3) is 0 Å². The zero-order chi connectivity index (χ0) is 12.3. The van der Waals surface area contributed by atoms with Crippen molar-refractivity contribution in [1.82, 2.24) is 5.32 Å². The Labute approximate surface area is 104 Å². The van der Waals surface area contributed by atoms with E-state index in [1.165, 1.54) is 0 Å². The molecule has 1 fully saturated rings. The van der Waals surface area contributed by atoms with Crippen molar-refractivity contribution in [2.75, 3.05) is 13.1 Å². The molecule has 0 radical (unpaired) electrons. The quantitative estimate of drug-likeness (QED) is 0.822. The van der Waals surface area contributed by atoms with E-state index < -0.39 is 5.25 Å². The second-order valence-corrected chi connectivity index (χ2v) is 5.54. The first kappa shape index (κ1) is 12.8. The van der Waals surface area contributed by atoms with Gasteiger partial charge in [0.2, 0.25) is 0 Å². The van der Waals surface area contributed by atoms with Gasteiger partial charge in [-0.15, -0.1) is 0 Å². The fourth-order valence-electron chi connectivity index (χ4n) is 1.45. The van der Waals surface area contributed by atoms with Gasteiger partial charge in [-0.1, -0.05) is 23.9 Å². The van der Waals surface area contributed by atoms with Gasteiger partial charge in [0.1, 0.15) is 0 Å². The van der Waals surface area contributed by atoms with E-state index in [1.807, 2.05) is 12.1 Å². The molecule has 2 rings (SSSR count). The minimum atomic E-state index is -2.73. The first-order valence-electron chi connectivity index (χ1n) is 5.51. The smallest absolute Gasteiger partial charge is 0.295 e. The summed E-state index contributed by atoms with van der Waals surface area (Å²) in [6, 6.07) is 7.08. The van der Waals surface area contributed by atoms with Gasteiger partial charge in [-0.3, -0.25) is 0 Å². The zero-order valence-electron chi connectivity index (χ0n) is 9.58. The topological polar surface area (TPSA) is 21.3 Å². The fourth-order valence-corrected chi connectivity index (χ4v) is 2.14. The summed E-state index contributed by atoms with van der Waals surface area (Å²) in [5.41, 5.74) is 1.01. The first-order valence-corrected chi connectivity index (χ1v) is 6.33. The molecule has 94 valence electrons. The van der Waals surface area contributed by atoms with Gasteiger partial charge in [-0.25, -0.2) is 0 Å². The molecule has 0 aliphatic carbocycles. The molecule has 0 aromatic heterocycles. The normalized spacial score (nSPS) is 16.9. The summed E-state index contributed by atoms with van der Waals surface area (Å²) in [5.74, 6) is 0. The summed E-state index contributed by atoms with van der Waals surface area (Å²) in [4.78, 5) is 0.576. The van der Waals surface area contributed by atoms with Crippen molar-refractivity contribution in [3.8, 4) is 0 Å². The summed E-state index contributed by atoms with van der Waals surface area (Å²) < 4.78 is 31.1. The lowest BCUT2D eigenvalue weighted by Gasteiger charge is -2.27. The molecule has 1 aliphatic heterocycles. The van der Waals surface area contributed by atoms with E-state index in [-0.39, 0.29) is 0 Å². The second kappa shape index (κ2) is 5.33. The van der Waals surface area contributed by atoms with E-state index in [0.29, 0.717) is 29.4 Å². The third-order valence-electron chi connectivity index (χ3n) is 2.45. The predicted molar refractivity (Wildman–Crippen MR) is 64.4 cm³/mol. The number of alkyl halides is 2. The minimum Gasteiger partial charge on any atom is -0.371 e. The highest BCUT2D eigenvalue weighted by Gasteiger charge is 2.22. The summed E-state index contributed by atoms with van der Waals surface area (Å²) >= 11 is 0.565. The zero-order valence-corrected chi connectivity index (χ0v) is 10.4. The summed E-state index contributed by atoms with van der Waals surface area (Å²) in [5, 5.41) is 0.394. The minimum absolute atomic E-state index is 0.295. The summed E-state index contributed by atoms with van der Waals surface area (Å²) in [6.07, 6.45) is 0.295. The first-order chi connectivity index (χ1) is 8.03. The Bertz CT molecular complexity index is 360. The molecule has 1 saturated heterocycles. The van der Waals surface area contributed by atoms with Gasteiger partial charge in [-0.05, 0) is 17.7 Å². The monoisotopic (exact) mass is 259 g/mol. The summed E-state index contributed by atoms with van der Waals surface area (Å²) in [6.45, 7) is 3.24. The van der Waals surface area contributed by atoms with Crippen molar-refractivity contribution in [2.45, 2.75) is 29.8 Å². The molecule has 1 aromatic carbocycles. The Morgan fingerprint density at radius 1 is 1.35 bits per heavy atom. The maximum Gasteiger partial charge on any atom is 0.295 e. The van der Waals surface area contributed by atoms with Crippen molar-refractivity contribution >= 4 is 11.8 Å². The molecule has 1 aromatic rings. The number of hydrogen-bond acceptors (Lipinski definition) is 3. The molecule has 2 nitrogen and oxygen atoms in total. The van der Waals surface area contributed by atoms with E-state index in [2.05, 4.69) is 5.32 Å². The van der Waals surface area contributed by atoms with Crippen LogP contribution in [-0.4, -0.2) is 24.4 Å². The third kappa shape index (κ3) is 4.26. The average Bonchev–Trinajstić information content (AvgIpc) is 2.16. The number of rotatable bonds is 5. The molecule has 1 N–H and O–H groups in total. The number of benzene rings is 1. The summed E-state index contributed by atoms with van der Waals surface area (Å²) in [7, 11) is 0. The average molecular weight is 259 g/mol. The van der Waals surface area contributed by atoms with Gasteiger partial charge < -0.3 is 10.1 Å². The number of thioether (sulfide) groups is 1. The van der Waals surface area contributed by atoms with E-state index in [9.17, 15) is 8.78 Å². The van der Waals surface area contributed by atoms with Gasteiger partial charge in [0.15, 0.2) is 0 Å². The van der Waals surface area contributed by atoms with Crippen LogP contribution in [0, 0.1) is 0 Å². The van der Waals surface area contributed by atoms with Crippen LogP contribution in [0.15, 0.2) is 29.2 Å². The maximum atomic E-state index is 12.7. The Kier molecular flexibility index (Phi) is 4.01.